The summed E-state index contributed by atoms with van der Waals surface area (Å²) < 4.78 is 6.42. The van der Waals surface area contributed by atoms with Crippen LogP contribution in [-0.4, -0.2) is 17.7 Å². The van der Waals surface area contributed by atoms with Crippen LogP contribution in [0.3, 0.4) is 0 Å². The summed E-state index contributed by atoms with van der Waals surface area (Å²) in [5, 5.41) is 8.53. The molecule has 0 aromatic heterocycles. The lowest BCUT2D eigenvalue weighted by Crippen LogP contribution is -1.96. The van der Waals surface area contributed by atoms with Gasteiger partial charge in [0.05, 0.1) is 6.61 Å². The zero-order chi connectivity index (χ0) is 12.7. The Morgan fingerprint density at radius 3 is 2.76 bits per heavy atom. The Hall–Kier alpha value is -1.03. The van der Waals surface area contributed by atoms with E-state index in [0.717, 1.165) is 29.5 Å². The molecule has 0 saturated heterocycles. The van der Waals surface area contributed by atoms with E-state index in [-0.39, 0.29) is 6.42 Å². The van der Waals surface area contributed by atoms with E-state index in [2.05, 4.69) is 15.9 Å². The number of benzene rings is 1. The number of hydrogen-bond acceptors (Lipinski definition) is 2. The van der Waals surface area contributed by atoms with Gasteiger partial charge in [-0.05, 0) is 43.9 Å². The van der Waals surface area contributed by atoms with E-state index in [9.17, 15) is 4.79 Å². The van der Waals surface area contributed by atoms with Crippen LogP contribution in [-0.2, 0) is 11.2 Å². The van der Waals surface area contributed by atoms with Gasteiger partial charge in [0.2, 0.25) is 0 Å². The highest BCUT2D eigenvalue weighted by atomic mass is 79.9. The van der Waals surface area contributed by atoms with E-state index >= 15 is 0 Å². The van der Waals surface area contributed by atoms with Gasteiger partial charge < -0.3 is 9.84 Å². The maximum absolute atomic E-state index is 10.4. The average molecular weight is 301 g/mol. The summed E-state index contributed by atoms with van der Waals surface area (Å²) >= 11 is 3.50. The van der Waals surface area contributed by atoms with Crippen molar-refractivity contribution in [2.24, 2.45) is 0 Å². The van der Waals surface area contributed by atoms with Crippen molar-refractivity contribution in [3.8, 4) is 5.75 Å². The van der Waals surface area contributed by atoms with Crippen LogP contribution in [0.1, 0.15) is 31.7 Å². The molecule has 0 saturated carbocycles. The van der Waals surface area contributed by atoms with Gasteiger partial charge in [-0.1, -0.05) is 22.0 Å². The fraction of sp³-hybridized carbons (Fsp3) is 0.462. The normalized spacial score (nSPS) is 10.2. The molecule has 0 spiro atoms. The molecule has 1 rings (SSSR count). The fourth-order valence-electron chi connectivity index (χ4n) is 1.58. The first-order valence-corrected chi connectivity index (χ1v) is 6.55. The first-order chi connectivity index (χ1) is 8.13. The van der Waals surface area contributed by atoms with Crippen LogP contribution in [0.25, 0.3) is 0 Å². The summed E-state index contributed by atoms with van der Waals surface area (Å²) in [5.41, 5.74) is 1.19. The summed E-state index contributed by atoms with van der Waals surface area (Å²) in [7, 11) is 0. The van der Waals surface area contributed by atoms with E-state index < -0.39 is 5.97 Å². The number of rotatable bonds is 7. The number of aliphatic carboxylic acids is 1. The van der Waals surface area contributed by atoms with Crippen molar-refractivity contribution in [3.63, 3.8) is 0 Å². The fourth-order valence-corrected chi connectivity index (χ4v) is 2.13. The third-order valence-electron chi connectivity index (χ3n) is 2.42. The predicted octanol–water partition coefficient (Wildman–Crippen LogP) is 3.65. The van der Waals surface area contributed by atoms with Gasteiger partial charge >= 0.3 is 5.97 Å². The Morgan fingerprint density at radius 2 is 2.18 bits per heavy atom. The zero-order valence-corrected chi connectivity index (χ0v) is 11.5. The predicted molar refractivity (Wildman–Crippen MR) is 70.5 cm³/mol. The minimum Gasteiger partial charge on any atom is -0.494 e. The van der Waals surface area contributed by atoms with Crippen molar-refractivity contribution in [2.45, 2.75) is 32.6 Å². The average Bonchev–Trinajstić information content (AvgIpc) is 2.27. The summed E-state index contributed by atoms with van der Waals surface area (Å²) in [5.74, 6) is 0.129. The third kappa shape index (κ3) is 5.22. The number of carbonyl (C=O) groups is 1. The smallest absolute Gasteiger partial charge is 0.303 e. The van der Waals surface area contributed by atoms with Crippen molar-refractivity contribution >= 4 is 21.9 Å². The minimum absolute atomic E-state index is 0.245. The van der Waals surface area contributed by atoms with Gasteiger partial charge in [0.15, 0.2) is 0 Å². The van der Waals surface area contributed by atoms with E-state index in [0.29, 0.717) is 6.61 Å². The SMILES string of the molecule is CCOc1ccc(CCCCC(=O)O)c(Br)c1. The molecule has 17 heavy (non-hydrogen) atoms. The Kier molecular flexibility index (Phi) is 6.05. The molecule has 0 radical (unpaired) electrons. The van der Waals surface area contributed by atoms with Crippen LogP contribution in [0.15, 0.2) is 22.7 Å². The Morgan fingerprint density at radius 1 is 1.41 bits per heavy atom. The molecule has 0 bridgehead atoms. The van der Waals surface area contributed by atoms with E-state index in [1.807, 2.05) is 25.1 Å². The van der Waals surface area contributed by atoms with Gasteiger partial charge in [-0.2, -0.15) is 0 Å². The zero-order valence-electron chi connectivity index (χ0n) is 9.91. The van der Waals surface area contributed by atoms with Crippen LogP contribution in [0.4, 0.5) is 0 Å². The Bertz CT molecular complexity index is 377. The molecule has 1 aromatic rings. The molecular formula is C13H17BrO3. The van der Waals surface area contributed by atoms with Crippen molar-refractivity contribution in [3.05, 3.63) is 28.2 Å². The number of carboxylic acid groups (broad SMARTS) is 1. The second-order valence-electron chi connectivity index (χ2n) is 3.79. The summed E-state index contributed by atoms with van der Waals surface area (Å²) in [6, 6.07) is 5.92. The van der Waals surface area contributed by atoms with Gasteiger partial charge in [0, 0.05) is 10.9 Å². The van der Waals surface area contributed by atoms with Crippen LogP contribution in [0, 0.1) is 0 Å². The maximum atomic E-state index is 10.4. The van der Waals surface area contributed by atoms with Crippen LogP contribution in [0.2, 0.25) is 0 Å². The molecule has 0 heterocycles. The molecule has 1 aromatic carbocycles. The Balaban J connectivity index is 2.45. The summed E-state index contributed by atoms with van der Waals surface area (Å²) in [6.45, 7) is 2.61. The summed E-state index contributed by atoms with van der Waals surface area (Å²) in [6.07, 6.45) is 2.74. The van der Waals surface area contributed by atoms with Crippen LogP contribution in [0.5, 0.6) is 5.75 Å². The summed E-state index contributed by atoms with van der Waals surface area (Å²) in [4.78, 5) is 10.4. The highest BCUT2D eigenvalue weighted by Gasteiger charge is 2.03. The second kappa shape index (κ2) is 7.33. The van der Waals surface area contributed by atoms with E-state index in [1.54, 1.807) is 0 Å². The lowest BCUT2D eigenvalue weighted by Gasteiger charge is -2.07. The molecule has 3 nitrogen and oxygen atoms in total. The lowest BCUT2D eigenvalue weighted by molar-refractivity contribution is -0.137. The van der Waals surface area contributed by atoms with Gasteiger partial charge in [0.1, 0.15) is 5.75 Å². The van der Waals surface area contributed by atoms with E-state index in [1.165, 1.54) is 5.56 Å². The lowest BCUT2D eigenvalue weighted by atomic mass is 10.1. The first-order valence-electron chi connectivity index (χ1n) is 5.76. The number of carboxylic acids is 1. The van der Waals surface area contributed by atoms with Crippen molar-refractivity contribution in [1.29, 1.82) is 0 Å². The molecule has 0 aliphatic carbocycles. The number of hydrogen-bond donors (Lipinski definition) is 1. The van der Waals surface area contributed by atoms with Gasteiger partial charge in [-0.15, -0.1) is 0 Å². The first kappa shape index (κ1) is 14.0. The molecule has 0 aliphatic rings. The number of halogens is 1. The molecule has 0 aliphatic heterocycles. The molecule has 0 atom stereocenters. The van der Waals surface area contributed by atoms with E-state index in [4.69, 9.17) is 9.84 Å². The third-order valence-corrected chi connectivity index (χ3v) is 3.16. The highest BCUT2D eigenvalue weighted by molar-refractivity contribution is 9.10. The second-order valence-corrected chi connectivity index (χ2v) is 4.64. The monoisotopic (exact) mass is 300 g/mol. The molecule has 94 valence electrons. The standard InChI is InChI=1S/C13H17BrO3/c1-2-17-11-8-7-10(12(14)9-11)5-3-4-6-13(15)16/h7-9H,2-6H2,1H3,(H,15,16). The molecule has 4 heteroatoms. The van der Waals surface area contributed by atoms with Gasteiger partial charge in [-0.3, -0.25) is 4.79 Å². The maximum Gasteiger partial charge on any atom is 0.303 e. The molecular weight excluding hydrogens is 284 g/mol. The van der Waals surface area contributed by atoms with Crippen molar-refractivity contribution in [1.82, 2.24) is 0 Å². The molecule has 0 amide bonds. The molecule has 1 N–H and O–H groups in total. The van der Waals surface area contributed by atoms with Gasteiger partial charge in [0.25, 0.3) is 0 Å². The van der Waals surface area contributed by atoms with Gasteiger partial charge in [-0.25, -0.2) is 0 Å². The molecule has 0 fully saturated rings. The van der Waals surface area contributed by atoms with Crippen molar-refractivity contribution < 1.29 is 14.6 Å². The molecule has 0 unspecified atom stereocenters. The van der Waals surface area contributed by atoms with Crippen LogP contribution >= 0.6 is 15.9 Å². The number of ether oxygens (including phenoxy) is 1. The quantitative estimate of drug-likeness (QED) is 0.782. The topological polar surface area (TPSA) is 46.5 Å². The largest absolute Gasteiger partial charge is 0.494 e. The number of aryl methyl sites for hydroxylation is 1. The van der Waals surface area contributed by atoms with Crippen LogP contribution < -0.4 is 4.74 Å². The minimum atomic E-state index is -0.726. The Labute approximate surface area is 110 Å². The van der Waals surface area contributed by atoms with Crippen molar-refractivity contribution in [2.75, 3.05) is 6.61 Å². The highest BCUT2D eigenvalue weighted by Crippen LogP contribution is 2.24. The number of unbranched alkanes of at least 4 members (excludes halogenated alkanes) is 1.